The number of hydrogen-bond acceptors (Lipinski definition) is 5. The van der Waals surface area contributed by atoms with Gasteiger partial charge in [0.15, 0.2) is 0 Å². The van der Waals surface area contributed by atoms with E-state index in [0.29, 0.717) is 17.4 Å². The molecule has 0 spiro atoms. The molecule has 3 N–H and O–H groups in total. The molecule has 0 aliphatic heterocycles. The molecule has 3 atom stereocenters. The minimum absolute atomic E-state index is 0.0545. The number of nitrogens with zero attached hydrogens (tertiary/aromatic N) is 1. The molecule has 0 saturated carbocycles. The Morgan fingerprint density at radius 3 is 1.51 bits per heavy atom. The predicted octanol–water partition coefficient (Wildman–Crippen LogP) is 11.9. The Hall–Kier alpha value is -1.28. The van der Waals surface area contributed by atoms with Crippen LogP contribution in [0.1, 0.15) is 187 Å². The van der Waals surface area contributed by atoms with Crippen LogP contribution in [0.5, 0.6) is 0 Å². The maximum atomic E-state index is 12.8. The van der Waals surface area contributed by atoms with Gasteiger partial charge in [0.05, 0.1) is 39.9 Å². The van der Waals surface area contributed by atoms with Crippen LogP contribution in [0.15, 0.2) is 36.5 Å². The third-order valence-corrected chi connectivity index (χ3v) is 10.6. The van der Waals surface area contributed by atoms with Crippen molar-refractivity contribution < 1.29 is 32.9 Å². The summed E-state index contributed by atoms with van der Waals surface area (Å²) in [6.07, 6.45) is 43.5. The molecular weight excluding hydrogens is 683 g/mol. The Morgan fingerprint density at radius 2 is 1.04 bits per heavy atom. The summed E-state index contributed by atoms with van der Waals surface area (Å²) in [7, 11) is 1.55. The molecule has 0 saturated heterocycles. The zero-order chi connectivity index (χ0) is 39.3. The van der Waals surface area contributed by atoms with Gasteiger partial charge in [-0.3, -0.25) is 13.8 Å². The fraction of sp³-hybridized carbons (Fsp3) is 0.841. The highest BCUT2D eigenvalue weighted by molar-refractivity contribution is 7.47. The molecule has 0 fully saturated rings. The van der Waals surface area contributed by atoms with Crippen molar-refractivity contribution in [1.82, 2.24) is 5.32 Å². The van der Waals surface area contributed by atoms with E-state index < -0.39 is 20.0 Å². The number of carbonyl (C=O) groups is 1. The summed E-state index contributed by atoms with van der Waals surface area (Å²) in [5, 5.41) is 13.8. The lowest BCUT2D eigenvalue weighted by atomic mass is 10.1. The van der Waals surface area contributed by atoms with Gasteiger partial charge in [-0.2, -0.15) is 0 Å². The number of nitrogens with one attached hydrogen (secondary N) is 1. The number of phosphoric ester groups is 1. The second kappa shape index (κ2) is 36.4. The molecule has 1 unspecified atom stereocenters. The molecule has 0 radical (unpaired) electrons. The maximum absolute atomic E-state index is 12.8. The van der Waals surface area contributed by atoms with Crippen LogP contribution in [-0.4, -0.2) is 73.4 Å². The van der Waals surface area contributed by atoms with Crippen LogP contribution in [0, 0.1) is 0 Å². The number of aliphatic hydroxyl groups is 1. The minimum atomic E-state index is -4.34. The number of quaternary nitrogens is 1. The van der Waals surface area contributed by atoms with E-state index in [4.69, 9.17) is 9.05 Å². The number of rotatable bonds is 39. The van der Waals surface area contributed by atoms with Crippen LogP contribution in [0.3, 0.4) is 0 Å². The topological polar surface area (TPSA) is 105 Å². The van der Waals surface area contributed by atoms with E-state index in [1.807, 2.05) is 27.2 Å². The summed E-state index contributed by atoms with van der Waals surface area (Å²) in [6.45, 7) is 4.77. The molecule has 0 aromatic carbocycles. The first-order valence-electron chi connectivity index (χ1n) is 21.9. The number of phosphoric acid groups is 1. The average Bonchev–Trinajstić information content (AvgIpc) is 3.10. The Morgan fingerprint density at radius 1 is 0.623 bits per heavy atom. The first kappa shape index (κ1) is 51.7. The smallest absolute Gasteiger partial charge is 0.387 e. The van der Waals surface area contributed by atoms with Gasteiger partial charge in [-0.05, 0) is 57.8 Å². The number of amides is 1. The number of allylic oxidation sites excluding steroid dienone is 5. The maximum Gasteiger partial charge on any atom is 0.472 e. The van der Waals surface area contributed by atoms with Gasteiger partial charge >= 0.3 is 7.82 Å². The Kier molecular flexibility index (Phi) is 35.5. The number of unbranched alkanes of at least 4 members (excludes halogenated alkanes) is 22. The molecule has 1 amide bonds. The van der Waals surface area contributed by atoms with Crippen LogP contribution >= 0.6 is 7.82 Å². The molecule has 0 bridgehead atoms. The molecule has 0 aliphatic rings. The Bertz CT molecular complexity index is 964. The molecule has 0 aliphatic carbocycles. The highest BCUT2D eigenvalue weighted by atomic mass is 31.2. The summed E-state index contributed by atoms with van der Waals surface area (Å²) < 4.78 is 23.5. The lowest BCUT2D eigenvalue weighted by Crippen LogP contribution is -2.45. The number of hydrogen-bond donors (Lipinski definition) is 3. The fourth-order valence-electron chi connectivity index (χ4n) is 6.05. The van der Waals surface area contributed by atoms with Crippen molar-refractivity contribution in [2.45, 2.75) is 199 Å². The van der Waals surface area contributed by atoms with Crippen LogP contribution in [0.4, 0.5) is 0 Å². The van der Waals surface area contributed by atoms with Crippen LogP contribution in [0.2, 0.25) is 0 Å². The van der Waals surface area contributed by atoms with E-state index in [2.05, 4.69) is 43.5 Å². The van der Waals surface area contributed by atoms with Crippen molar-refractivity contribution in [1.29, 1.82) is 0 Å². The largest absolute Gasteiger partial charge is 0.472 e. The third-order valence-electron chi connectivity index (χ3n) is 9.58. The molecule has 312 valence electrons. The van der Waals surface area contributed by atoms with E-state index in [0.717, 1.165) is 51.4 Å². The second-order valence-corrected chi connectivity index (χ2v) is 17.5. The molecule has 53 heavy (non-hydrogen) atoms. The number of carbonyl (C=O) groups excluding carboxylic acids is 1. The van der Waals surface area contributed by atoms with Crippen LogP contribution in [0.25, 0.3) is 0 Å². The lowest BCUT2D eigenvalue weighted by Gasteiger charge is -2.25. The molecule has 0 rings (SSSR count). The van der Waals surface area contributed by atoms with Crippen molar-refractivity contribution in [3.63, 3.8) is 0 Å². The highest BCUT2D eigenvalue weighted by Crippen LogP contribution is 2.43. The van der Waals surface area contributed by atoms with Crippen LogP contribution in [-0.2, 0) is 18.4 Å². The summed E-state index contributed by atoms with van der Waals surface area (Å²) in [6, 6.07) is -0.865. The first-order valence-corrected chi connectivity index (χ1v) is 23.4. The molecule has 0 aromatic heterocycles. The van der Waals surface area contributed by atoms with Gasteiger partial charge in [0, 0.05) is 6.42 Å². The minimum Gasteiger partial charge on any atom is -0.387 e. The van der Waals surface area contributed by atoms with Gasteiger partial charge in [-0.15, -0.1) is 0 Å². The quantitative estimate of drug-likeness (QED) is 0.0249. The van der Waals surface area contributed by atoms with Crippen LogP contribution < -0.4 is 5.32 Å². The monoisotopic (exact) mass is 770 g/mol. The number of likely N-dealkylation sites (N-methyl/N-ethyl adjacent to an activating group) is 1. The van der Waals surface area contributed by atoms with Crippen molar-refractivity contribution in [3.05, 3.63) is 36.5 Å². The van der Waals surface area contributed by atoms with Gasteiger partial charge in [0.1, 0.15) is 13.2 Å². The molecule has 9 heteroatoms. The predicted molar refractivity (Wildman–Crippen MR) is 226 cm³/mol. The van der Waals surface area contributed by atoms with Crippen molar-refractivity contribution in [2.24, 2.45) is 0 Å². The third kappa shape index (κ3) is 38.8. The first-order chi connectivity index (χ1) is 25.5. The fourth-order valence-corrected chi connectivity index (χ4v) is 6.79. The van der Waals surface area contributed by atoms with Crippen molar-refractivity contribution in [2.75, 3.05) is 40.9 Å². The van der Waals surface area contributed by atoms with E-state index in [9.17, 15) is 19.4 Å². The molecule has 8 nitrogen and oxygen atoms in total. The molecule has 0 aromatic rings. The van der Waals surface area contributed by atoms with Gasteiger partial charge in [0.25, 0.3) is 0 Å². The lowest BCUT2D eigenvalue weighted by molar-refractivity contribution is -0.870. The van der Waals surface area contributed by atoms with Crippen molar-refractivity contribution in [3.8, 4) is 0 Å². The van der Waals surface area contributed by atoms with E-state index in [-0.39, 0.29) is 19.1 Å². The summed E-state index contributed by atoms with van der Waals surface area (Å²) >= 11 is 0. The standard InChI is InChI=1S/C44H85N2O6P/c1-6-8-10-12-14-16-18-20-22-23-24-25-27-29-31-33-35-37-43(47)42(41-52-53(49,50)51-40-39-46(3,4)5)45-44(48)38-36-34-32-30-28-26-21-19-17-15-13-11-9-7-2/h19,21,27,29,35,37,42-43,47H,6-18,20,22-26,28,30-34,36,38-41H2,1-5H3,(H-,45,48,49,50)/p+1/b21-19+,29-27+,37-35+/t42-,43+/m0/s1. The molecule has 0 heterocycles. The SMILES string of the molecule is CCCCCCC/C=C/CCCCCCCC(=O)N[C@@H](COP(=O)(O)OCC[N+](C)(C)C)[C@H](O)/C=C/CC/C=C/CCCCCCCCCCCCC. The van der Waals surface area contributed by atoms with Gasteiger partial charge in [0.2, 0.25) is 5.91 Å². The van der Waals surface area contributed by atoms with Crippen molar-refractivity contribution >= 4 is 13.7 Å². The van der Waals surface area contributed by atoms with E-state index >= 15 is 0 Å². The zero-order valence-corrected chi connectivity index (χ0v) is 36.1. The summed E-state index contributed by atoms with van der Waals surface area (Å²) in [5.41, 5.74) is 0. The molecular formula is C44H86N2O6P+. The Balaban J connectivity index is 4.51. The Labute approximate surface area is 327 Å². The van der Waals surface area contributed by atoms with E-state index in [1.165, 1.54) is 116 Å². The average molecular weight is 770 g/mol. The van der Waals surface area contributed by atoms with Gasteiger partial charge in [-0.25, -0.2) is 4.57 Å². The van der Waals surface area contributed by atoms with E-state index in [1.54, 1.807) is 6.08 Å². The summed E-state index contributed by atoms with van der Waals surface area (Å²) in [5.74, 6) is -0.197. The normalized spacial score (nSPS) is 14.8. The van der Waals surface area contributed by atoms with Gasteiger partial charge < -0.3 is 19.8 Å². The van der Waals surface area contributed by atoms with Gasteiger partial charge in [-0.1, -0.05) is 159 Å². The zero-order valence-electron chi connectivity index (χ0n) is 35.3. The number of aliphatic hydroxyl groups excluding tert-OH is 1. The summed E-state index contributed by atoms with van der Waals surface area (Å²) in [4.78, 5) is 23.1. The second-order valence-electron chi connectivity index (χ2n) is 16.1. The highest BCUT2D eigenvalue weighted by Gasteiger charge is 2.27.